The summed E-state index contributed by atoms with van der Waals surface area (Å²) < 4.78 is 43.6. The largest absolute Gasteiger partial charge is 0.481 e. The number of ether oxygens (including phenoxy) is 1. The van der Waals surface area contributed by atoms with Gasteiger partial charge in [-0.15, -0.1) is 0 Å². The number of primary amides is 1. The molecule has 1 aliphatic rings. The van der Waals surface area contributed by atoms with Crippen LogP contribution in [-0.2, 0) is 23.9 Å². The Morgan fingerprint density at radius 3 is 2.48 bits per heavy atom. The molecule has 0 saturated heterocycles. The van der Waals surface area contributed by atoms with Crippen molar-refractivity contribution in [2.24, 2.45) is 5.73 Å². The van der Waals surface area contributed by atoms with E-state index in [1.54, 1.807) is 12.1 Å². The molecule has 0 aromatic heterocycles. The van der Waals surface area contributed by atoms with Gasteiger partial charge in [-0.25, -0.2) is 0 Å². The zero-order valence-electron chi connectivity index (χ0n) is 14.2. The summed E-state index contributed by atoms with van der Waals surface area (Å²) in [6.45, 7) is 0.707. The number of carbonyl (C=O) groups excluding carboxylic acids is 2. The van der Waals surface area contributed by atoms with Gasteiger partial charge in [0.1, 0.15) is 5.75 Å². The third kappa shape index (κ3) is 4.46. The molecule has 3 N–H and O–H groups in total. The van der Waals surface area contributed by atoms with Crippen molar-refractivity contribution in [3.05, 3.63) is 64.7 Å². The average molecular weight is 378 g/mol. The zero-order chi connectivity index (χ0) is 19.6. The summed E-state index contributed by atoms with van der Waals surface area (Å²) in [6, 6.07) is 9.23. The van der Waals surface area contributed by atoms with Crippen LogP contribution >= 0.6 is 0 Å². The van der Waals surface area contributed by atoms with Crippen molar-refractivity contribution in [1.29, 1.82) is 0 Å². The molecule has 1 aliphatic heterocycles. The SMILES string of the molecule is NC(=O)c1ccc2c(c1)OC(C(=O)Cc1ccc(C(F)(F)F)cc1)CNC2. The molecule has 1 amide bonds. The van der Waals surface area contributed by atoms with E-state index in [2.05, 4.69) is 5.32 Å². The van der Waals surface area contributed by atoms with E-state index in [-0.39, 0.29) is 24.3 Å². The minimum absolute atomic E-state index is 0.0602. The molecular weight excluding hydrogens is 361 g/mol. The van der Waals surface area contributed by atoms with Crippen molar-refractivity contribution in [3.8, 4) is 5.75 Å². The lowest BCUT2D eigenvalue weighted by Gasteiger charge is -2.17. The fraction of sp³-hybridized carbons (Fsp3) is 0.263. The molecular formula is C19H17F3N2O3. The molecule has 0 spiro atoms. The maximum atomic E-state index is 12.6. The first-order valence-corrected chi connectivity index (χ1v) is 8.23. The number of rotatable bonds is 4. The van der Waals surface area contributed by atoms with Gasteiger partial charge in [0.05, 0.1) is 5.56 Å². The third-order valence-corrected chi connectivity index (χ3v) is 4.28. The second-order valence-corrected chi connectivity index (χ2v) is 6.26. The van der Waals surface area contributed by atoms with Gasteiger partial charge in [-0.2, -0.15) is 13.2 Å². The van der Waals surface area contributed by atoms with E-state index in [1.165, 1.54) is 18.2 Å². The Kier molecular flexibility index (Phi) is 5.18. The standard InChI is InChI=1S/C19H17F3N2O3/c20-19(21,22)14-5-1-11(2-6-14)7-15(25)17-10-24-9-13-4-3-12(18(23)26)8-16(13)27-17/h1-6,8,17,24H,7,9-10H2,(H2,23,26). The number of ketones is 1. The highest BCUT2D eigenvalue weighted by atomic mass is 19.4. The molecule has 0 aliphatic carbocycles. The van der Waals surface area contributed by atoms with Crippen LogP contribution in [0.5, 0.6) is 5.75 Å². The van der Waals surface area contributed by atoms with E-state index in [0.717, 1.165) is 17.7 Å². The van der Waals surface area contributed by atoms with Gasteiger partial charge in [-0.3, -0.25) is 9.59 Å². The van der Waals surface area contributed by atoms with Crippen LogP contribution in [0, 0.1) is 0 Å². The van der Waals surface area contributed by atoms with Crippen LogP contribution in [0.2, 0.25) is 0 Å². The smallest absolute Gasteiger partial charge is 0.416 e. The predicted molar refractivity (Wildman–Crippen MR) is 91.2 cm³/mol. The molecule has 3 rings (SSSR count). The Morgan fingerprint density at radius 1 is 1.15 bits per heavy atom. The van der Waals surface area contributed by atoms with Crippen molar-refractivity contribution in [1.82, 2.24) is 5.32 Å². The zero-order valence-corrected chi connectivity index (χ0v) is 14.2. The molecule has 0 radical (unpaired) electrons. The summed E-state index contributed by atoms with van der Waals surface area (Å²) in [4.78, 5) is 23.9. The summed E-state index contributed by atoms with van der Waals surface area (Å²) in [6.07, 6.45) is -5.30. The Labute approximate surface area is 153 Å². The van der Waals surface area contributed by atoms with Crippen LogP contribution < -0.4 is 15.8 Å². The van der Waals surface area contributed by atoms with Gasteiger partial charge in [0.25, 0.3) is 0 Å². The lowest BCUT2D eigenvalue weighted by atomic mass is 10.0. The number of nitrogens with one attached hydrogen (secondary N) is 1. The molecule has 27 heavy (non-hydrogen) atoms. The number of benzene rings is 2. The number of carbonyl (C=O) groups is 2. The Morgan fingerprint density at radius 2 is 1.85 bits per heavy atom. The maximum absolute atomic E-state index is 12.6. The van der Waals surface area contributed by atoms with Gasteiger partial charge in [-0.05, 0) is 29.8 Å². The van der Waals surface area contributed by atoms with Gasteiger partial charge in [0.2, 0.25) is 5.91 Å². The molecule has 0 saturated carbocycles. The molecule has 5 nitrogen and oxygen atoms in total. The topological polar surface area (TPSA) is 81.4 Å². The lowest BCUT2D eigenvalue weighted by molar-refractivity contribution is -0.137. The van der Waals surface area contributed by atoms with E-state index >= 15 is 0 Å². The molecule has 8 heteroatoms. The summed E-state index contributed by atoms with van der Waals surface area (Å²) in [5, 5.41) is 3.09. The number of nitrogens with two attached hydrogens (primary N) is 1. The number of amides is 1. The van der Waals surface area contributed by atoms with Gasteiger partial charge in [0, 0.05) is 30.6 Å². The van der Waals surface area contributed by atoms with Crippen LogP contribution in [0.15, 0.2) is 42.5 Å². The van der Waals surface area contributed by atoms with Crippen LogP contribution in [0.1, 0.15) is 27.0 Å². The Balaban J connectivity index is 1.73. The van der Waals surface area contributed by atoms with E-state index in [4.69, 9.17) is 10.5 Å². The molecule has 1 heterocycles. The van der Waals surface area contributed by atoms with Crippen molar-refractivity contribution in [3.63, 3.8) is 0 Å². The first-order chi connectivity index (χ1) is 12.7. The van der Waals surface area contributed by atoms with Gasteiger partial charge >= 0.3 is 6.18 Å². The summed E-state index contributed by atoms with van der Waals surface area (Å²) in [5.41, 5.74) is 6.02. The van der Waals surface area contributed by atoms with E-state index in [1.807, 2.05) is 0 Å². The molecule has 1 unspecified atom stereocenters. The van der Waals surface area contributed by atoms with Crippen molar-refractivity contribution in [2.45, 2.75) is 25.2 Å². The Bertz CT molecular complexity index is 863. The number of Topliss-reactive ketones (excluding diaryl/α,β-unsaturated/α-hetero) is 1. The van der Waals surface area contributed by atoms with Crippen molar-refractivity contribution < 1.29 is 27.5 Å². The van der Waals surface area contributed by atoms with Gasteiger partial charge < -0.3 is 15.8 Å². The minimum atomic E-state index is -4.42. The minimum Gasteiger partial charge on any atom is -0.481 e. The van der Waals surface area contributed by atoms with Crippen LogP contribution in [0.4, 0.5) is 13.2 Å². The molecule has 142 valence electrons. The second kappa shape index (κ2) is 7.40. The number of alkyl halides is 3. The number of fused-ring (bicyclic) bond motifs is 1. The quantitative estimate of drug-likeness (QED) is 0.857. The number of hydrogen-bond acceptors (Lipinski definition) is 4. The fourth-order valence-corrected chi connectivity index (χ4v) is 2.80. The van der Waals surface area contributed by atoms with E-state index < -0.39 is 23.8 Å². The third-order valence-electron chi connectivity index (χ3n) is 4.28. The molecule has 0 fully saturated rings. The first-order valence-electron chi connectivity index (χ1n) is 8.23. The molecule has 2 aromatic carbocycles. The van der Waals surface area contributed by atoms with Gasteiger partial charge in [-0.1, -0.05) is 18.2 Å². The maximum Gasteiger partial charge on any atom is 0.416 e. The first kappa shape index (κ1) is 18.9. The summed E-state index contributed by atoms with van der Waals surface area (Å²) in [5.74, 6) is -0.493. The molecule has 2 aromatic rings. The Hall–Kier alpha value is -2.87. The predicted octanol–water partition coefficient (Wildman–Crippen LogP) is 2.47. The molecule has 0 bridgehead atoms. The summed E-state index contributed by atoms with van der Waals surface area (Å²) in [7, 11) is 0. The van der Waals surface area contributed by atoms with Gasteiger partial charge in [0.15, 0.2) is 11.9 Å². The summed E-state index contributed by atoms with van der Waals surface area (Å²) >= 11 is 0. The average Bonchev–Trinajstić information content (AvgIpc) is 2.83. The van der Waals surface area contributed by atoms with Crippen molar-refractivity contribution >= 4 is 11.7 Å². The normalized spacial score (nSPS) is 16.8. The second-order valence-electron chi connectivity index (χ2n) is 6.26. The highest BCUT2D eigenvalue weighted by Crippen LogP contribution is 2.29. The fourth-order valence-electron chi connectivity index (χ4n) is 2.80. The van der Waals surface area contributed by atoms with E-state index in [0.29, 0.717) is 17.9 Å². The monoisotopic (exact) mass is 378 g/mol. The van der Waals surface area contributed by atoms with Crippen LogP contribution in [0.25, 0.3) is 0 Å². The number of halogens is 3. The van der Waals surface area contributed by atoms with Crippen molar-refractivity contribution in [2.75, 3.05) is 6.54 Å². The number of hydrogen-bond donors (Lipinski definition) is 2. The van der Waals surface area contributed by atoms with E-state index in [9.17, 15) is 22.8 Å². The lowest BCUT2D eigenvalue weighted by Crippen LogP contribution is -2.36. The highest BCUT2D eigenvalue weighted by Gasteiger charge is 2.30. The highest BCUT2D eigenvalue weighted by molar-refractivity contribution is 5.93. The van der Waals surface area contributed by atoms with Crippen LogP contribution in [0.3, 0.4) is 0 Å². The van der Waals surface area contributed by atoms with Crippen LogP contribution in [-0.4, -0.2) is 24.3 Å². The molecule has 1 atom stereocenters.